The van der Waals surface area contributed by atoms with E-state index < -0.39 is 5.60 Å². The van der Waals surface area contributed by atoms with E-state index in [9.17, 15) is 9.90 Å². The summed E-state index contributed by atoms with van der Waals surface area (Å²) in [5.74, 6) is -0.0603. The Kier molecular flexibility index (Phi) is 6.58. The first-order valence-corrected chi connectivity index (χ1v) is 11.9. The van der Waals surface area contributed by atoms with Crippen molar-refractivity contribution in [1.82, 2.24) is 0 Å². The zero-order valence-electron chi connectivity index (χ0n) is 16.2. The molecule has 0 aliphatic rings. The van der Waals surface area contributed by atoms with Crippen LogP contribution in [0.25, 0.3) is 0 Å². The van der Waals surface area contributed by atoms with Crippen molar-refractivity contribution in [2.45, 2.75) is 5.60 Å². The maximum absolute atomic E-state index is 12.8. The summed E-state index contributed by atoms with van der Waals surface area (Å²) in [6.45, 7) is 0. The lowest BCUT2D eigenvalue weighted by Gasteiger charge is -2.30. The van der Waals surface area contributed by atoms with Crippen LogP contribution in [-0.2, 0) is 5.60 Å². The summed E-state index contributed by atoms with van der Waals surface area (Å²) < 4.78 is 2.79. The van der Waals surface area contributed by atoms with Crippen LogP contribution >= 0.6 is 47.8 Å². The number of ketones is 1. The average Bonchev–Trinajstić information content (AvgIpc) is 2.80. The molecular formula is C26H17Br3O2. The maximum Gasteiger partial charge on any atom is 0.193 e. The van der Waals surface area contributed by atoms with E-state index in [2.05, 4.69) is 47.8 Å². The molecule has 5 heteroatoms. The molecule has 0 heterocycles. The Morgan fingerprint density at radius 2 is 0.774 bits per heavy atom. The average molecular weight is 601 g/mol. The molecule has 0 spiro atoms. The summed E-state index contributed by atoms with van der Waals surface area (Å²) in [6, 6.07) is 29.7. The molecule has 31 heavy (non-hydrogen) atoms. The van der Waals surface area contributed by atoms with Crippen LogP contribution in [0.5, 0.6) is 0 Å². The van der Waals surface area contributed by atoms with Crippen molar-refractivity contribution in [3.8, 4) is 0 Å². The second-order valence-corrected chi connectivity index (χ2v) is 9.88. The second-order valence-electron chi connectivity index (χ2n) is 7.14. The fourth-order valence-corrected chi connectivity index (χ4v) is 4.31. The molecule has 4 rings (SSSR count). The smallest absolute Gasteiger partial charge is 0.193 e. The number of benzene rings is 4. The zero-order valence-corrected chi connectivity index (χ0v) is 21.0. The number of aliphatic hydroxyl groups is 1. The molecule has 154 valence electrons. The molecule has 2 nitrogen and oxygen atoms in total. The summed E-state index contributed by atoms with van der Waals surface area (Å²) >= 11 is 10.3. The number of carbonyl (C=O) groups is 1. The summed E-state index contributed by atoms with van der Waals surface area (Å²) in [7, 11) is 0. The molecule has 0 saturated heterocycles. The molecule has 0 bridgehead atoms. The van der Waals surface area contributed by atoms with Gasteiger partial charge in [0.25, 0.3) is 0 Å². The van der Waals surface area contributed by atoms with Crippen LogP contribution in [0.2, 0.25) is 0 Å². The highest BCUT2D eigenvalue weighted by molar-refractivity contribution is 9.11. The van der Waals surface area contributed by atoms with Gasteiger partial charge in [-0.2, -0.15) is 0 Å². The SMILES string of the molecule is O=C(c1ccc(Br)cc1)c1ccc(C(O)(c2ccc(Br)cc2)c2ccc(Br)cc2)cc1. The van der Waals surface area contributed by atoms with Crippen molar-refractivity contribution in [3.63, 3.8) is 0 Å². The summed E-state index contributed by atoms with van der Waals surface area (Å²) in [5.41, 5.74) is 1.99. The van der Waals surface area contributed by atoms with Gasteiger partial charge in [-0.1, -0.05) is 96.3 Å². The summed E-state index contributed by atoms with van der Waals surface area (Å²) in [5, 5.41) is 12.0. The minimum Gasteiger partial charge on any atom is -0.376 e. The van der Waals surface area contributed by atoms with Crippen LogP contribution in [0.1, 0.15) is 32.6 Å². The van der Waals surface area contributed by atoms with E-state index in [1.54, 1.807) is 24.3 Å². The van der Waals surface area contributed by atoms with E-state index in [1.807, 2.05) is 72.8 Å². The first-order chi connectivity index (χ1) is 14.9. The van der Waals surface area contributed by atoms with Gasteiger partial charge in [-0.3, -0.25) is 4.79 Å². The predicted octanol–water partition coefficient (Wildman–Crippen LogP) is 7.49. The highest BCUT2D eigenvalue weighted by Crippen LogP contribution is 2.38. The fraction of sp³-hybridized carbons (Fsp3) is 0.0385. The minimum absolute atomic E-state index is 0.0603. The molecular weight excluding hydrogens is 584 g/mol. The van der Waals surface area contributed by atoms with Gasteiger partial charge in [0.15, 0.2) is 5.78 Å². The monoisotopic (exact) mass is 598 g/mol. The van der Waals surface area contributed by atoms with E-state index >= 15 is 0 Å². The molecule has 0 aliphatic heterocycles. The molecule has 0 saturated carbocycles. The summed E-state index contributed by atoms with van der Waals surface area (Å²) in [6.07, 6.45) is 0. The summed E-state index contributed by atoms with van der Waals surface area (Å²) in [4.78, 5) is 12.8. The normalized spacial score (nSPS) is 11.4. The Bertz CT molecular complexity index is 1150. The van der Waals surface area contributed by atoms with Gasteiger partial charge in [-0.05, 0) is 65.2 Å². The van der Waals surface area contributed by atoms with Crippen molar-refractivity contribution in [3.05, 3.63) is 138 Å². The topological polar surface area (TPSA) is 37.3 Å². The molecule has 0 radical (unpaired) electrons. The lowest BCUT2D eigenvalue weighted by atomic mass is 9.80. The van der Waals surface area contributed by atoms with Gasteiger partial charge in [0.2, 0.25) is 0 Å². The van der Waals surface area contributed by atoms with E-state index in [0.717, 1.165) is 24.5 Å². The molecule has 0 unspecified atom stereocenters. The predicted molar refractivity (Wildman–Crippen MR) is 134 cm³/mol. The number of hydrogen-bond acceptors (Lipinski definition) is 2. The fourth-order valence-electron chi connectivity index (χ4n) is 3.51. The second kappa shape index (κ2) is 9.21. The lowest BCUT2D eigenvalue weighted by molar-refractivity contribution is 0.103. The molecule has 0 fully saturated rings. The van der Waals surface area contributed by atoms with Crippen molar-refractivity contribution in [2.75, 3.05) is 0 Å². The minimum atomic E-state index is -1.36. The Morgan fingerprint density at radius 3 is 1.13 bits per heavy atom. The van der Waals surface area contributed by atoms with Crippen LogP contribution < -0.4 is 0 Å². The van der Waals surface area contributed by atoms with E-state index in [1.165, 1.54) is 0 Å². The van der Waals surface area contributed by atoms with Crippen molar-refractivity contribution in [2.24, 2.45) is 0 Å². The molecule has 4 aromatic rings. The third-order valence-electron chi connectivity index (χ3n) is 5.20. The third kappa shape index (κ3) is 4.60. The number of hydrogen-bond donors (Lipinski definition) is 1. The van der Waals surface area contributed by atoms with Crippen molar-refractivity contribution in [1.29, 1.82) is 0 Å². The van der Waals surface area contributed by atoms with Gasteiger partial charge >= 0.3 is 0 Å². The van der Waals surface area contributed by atoms with Gasteiger partial charge in [0, 0.05) is 24.5 Å². The third-order valence-corrected chi connectivity index (χ3v) is 6.78. The standard InChI is InChI=1S/C26H17Br3O2/c27-22-11-3-18(4-12-22)25(30)17-1-5-19(6-2-17)26(31,20-7-13-23(28)14-8-20)21-9-15-24(29)16-10-21/h1-16,31H. The molecule has 0 aliphatic carbocycles. The Labute approximate surface area is 206 Å². The molecule has 4 aromatic carbocycles. The van der Waals surface area contributed by atoms with Gasteiger partial charge < -0.3 is 5.11 Å². The maximum atomic E-state index is 12.8. The Morgan fingerprint density at radius 1 is 0.516 bits per heavy atom. The van der Waals surface area contributed by atoms with Gasteiger partial charge in [0.1, 0.15) is 5.60 Å². The van der Waals surface area contributed by atoms with E-state index in [4.69, 9.17) is 0 Å². The van der Waals surface area contributed by atoms with Crippen molar-refractivity contribution < 1.29 is 9.90 Å². The van der Waals surface area contributed by atoms with Crippen LogP contribution in [0, 0.1) is 0 Å². The molecule has 0 atom stereocenters. The highest BCUT2D eigenvalue weighted by atomic mass is 79.9. The Hall–Kier alpha value is -2.05. The number of halogens is 3. The Balaban J connectivity index is 1.77. The zero-order chi connectivity index (χ0) is 22.0. The van der Waals surface area contributed by atoms with Gasteiger partial charge in [-0.15, -0.1) is 0 Å². The quantitative estimate of drug-likeness (QED) is 0.190. The van der Waals surface area contributed by atoms with Gasteiger partial charge in [-0.25, -0.2) is 0 Å². The van der Waals surface area contributed by atoms with E-state index in [-0.39, 0.29) is 5.78 Å². The first-order valence-electron chi connectivity index (χ1n) is 9.53. The van der Waals surface area contributed by atoms with Gasteiger partial charge in [0.05, 0.1) is 0 Å². The van der Waals surface area contributed by atoms with Crippen LogP contribution in [-0.4, -0.2) is 10.9 Å². The van der Waals surface area contributed by atoms with Crippen LogP contribution in [0.15, 0.2) is 110 Å². The van der Waals surface area contributed by atoms with Crippen molar-refractivity contribution >= 4 is 53.6 Å². The number of carbonyl (C=O) groups excluding carboxylic acids is 1. The first kappa shape index (κ1) is 22.2. The number of rotatable bonds is 5. The highest BCUT2D eigenvalue weighted by Gasteiger charge is 2.34. The molecule has 0 aromatic heterocycles. The van der Waals surface area contributed by atoms with Crippen LogP contribution in [0.3, 0.4) is 0 Å². The van der Waals surface area contributed by atoms with Crippen LogP contribution in [0.4, 0.5) is 0 Å². The van der Waals surface area contributed by atoms with E-state index in [0.29, 0.717) is 16.7 Å². The largest absolute Gasteiger partial charge is 0.376 e. The molecule has 1 N–H and O–H groups in total. The lowest BCUT2D eigenvalue weighted by Crippen LogP contribution is -2.28. The molecule has 0 amide bonds.